The highest BCUT2D eigenvalue weighted by Gasteiger charge is 2.29. The summed E-state index contributed by atoms with van der Waals surface area (Å²) in [6.45, 7) is 0.314. The highest BCUT2D eigenvalue weighted by atomic mass is 16.5. The molecule has 1 fully saturated rings. The van der Waals surface area contributed by atoms with Gasteiger partial charge in [0.1, 0.15) is 5.69 Å². The van der Waals surface area contributed by atoms with E-state index in [2.05, 4.69) is 20.4 Å². The molecule has 0 bridgehead atoms. The summed E-state index contributed by atoms with van der Waals surface area (Å²) in [5.41, 5.74) is -0.110. The van der Waals surface area contributed by atoms with E-state index in [1.54, 1.807) is 12.3 Å². The van der Waals surface area contributed by atoms with Crippen molar-refractivity contribution in [2.75, 3.05) is 6.54 Å². The Morgan fingerprint density at radius 1 is 1.29 bits per heavy atom. The fourth-order valence-corrected chi connectivity index (χ4v) is 2.91. The van der Waals surface area contributed by atoms with Crippen molar-refractivity contribution in [1.82, 2.24) is 20.4 Å². The summed E-state index contributed by atoms with van der Waals surface area (Å²) in [4.78, 5) is 20.4. The van der Waals surface area contributed by atoms with E-state index in [1.807, 2.05) is 12.1 Å². The first-order valence-corrected chi connectivity index (χ1v) is 8.38. The molecular weight excluding hydrogens is 308 g/mol. The Balaban J connectivity index is 1.46. The Morgan fingerprint density at radius 3 is 2.88 bits per heavy atom. The summed E-state index contributed by atoms with van der Waals surface area (Å²) in [5, 5.41) is 17.1. The Morgan fingerprint density at radius 2 is 2.12 bits per heavy atom. The zero-order chi connectivity index (χ0) is 16.8. The maximum absolute atomic E-state index is 12.0. The third-order valence-electron chi connectivity index (χ3n) is 4.33. The van der Waals surface area contributed by atoms with E-state index in [4.69, 9.17) is 4.52 Å². The van der Waals surface area contributed by atoms with Crippen molar-refractivity contribution in [1.29, 1.82) is 0 Å². The smallest absolute Gasteiger partial charge is 0.227 e. The van der Waals surface area contributed by atoms with Crippen LogP contribution in [0.5, 0.6) is 0 Å². The maximum atomic E-state index is 12.0. The highest BCUT2D eigenvalue weighted by molar-refractivity contribution is 5.76. The van der Waals surface area contributed by atoms with Crippen LogP contribution in [0.4, 0.5) is 0 Å². The molecule has 1 amide bonds. The van der Waals surface area contributed by atoms with Gasteiger partial charge in [-0.3, -0.25) is 9.78 Å². The Labute approximate surface area is 140 Å². The lowest BCUT2D eigenvalue weighted by molar-refractivity contribution is -0.122. The number of aromatic nitrogens is 3. The lowest BCUT2D eigenvalue weighted by Gasteiger charge is -2.32. The first-order chi connectivity index (χ1) is 11.6. The Kier molecular flexibility index (Phi) is 5.20. The second-order valence-electron chi connectivity index (χ2n) is 6.29. The quantitative estimate of drug-likeness (QED) is 0.838. The zero-order valence-corrected chi connectivity index (χ0v) is 13.6. The summed E-state index contributed by atoms with van der Waals surface area (Å²) < 4.78 is 5.15. The van der Waals surface area contributed by atoms with Crippen molar-refractivity contribution in [3.05, 3.63) is 30.3 Å². The van der Waals surface area contributed by atoms with Crippen LogP contribution in [-0.2, 0) is 11.2 Å². The number of carbonyl (C=O) groups excluding carboxylic acids is 1. The monoisotopic (exact) mass is 330 g/mol. The number of pyridine rings is 1. The van der Waals surface area contributed by atoms with Gasteiger partial charge in [-0.05, 0) is 25.0 Å². The minimum atomic E-state index is -0.745. The van der Waals surface area contributed by atoms with Crippen LogP contribution in [0.1, 0.15) is 44.4 Å². The SMILES string of the molecule is O=C(CCc1nc(-c2ccccn2)no1)NCC1(O)CCCCC1. The third-order valence-corrected chi connectivity index (χ3v) is 4.33. The summed E-state index contributed by atoms with van der Waals surface area (Å²) in [7, 11) is 0. The summed E-state index contributed by atoms with van der Waals surface area (Å²) in [6.07, 6.45) is 6.98. The van der Waals surface area contributed by atoms with Gasteiger partial charge in [0.2, 0.25) is 17.6 Å². The molecule has 1 aliphatic rings. The molecule has 0 atom stereocenters. The molecule has 2 N–H and O–H groups in total. The number of hydrogen-bond donors (Lipinski definition) is 2. The van der Waals surface area contributed by atoms with Gasteiger partial charge in [-0.2, -0.15) is 4.98 Å². The fourth-order valence-electron chi connectivity index (χ4n) is 2.91. The van der Waals surface area contributed by atoms with Crippen LogP contribution in [0, 0.1) is 0 Å². The van der Waals surface area contributed by atoms with Crippen LogP contribution in [-0.4, -0.2) is 38.3 Å². The summed E-state index contributed by atoms with van der Waals surface area (Å²) in [5.74, 6) is 0.705. The van der Waals surface area contributed by atoms with E-state index < -0.39 is 5.60 Å². The molecule has 2 heterocycles. The van der Waals surface area contributed by atoms with Gasteiger partial charge >= 0.3 is 0 Å². The number of rotatable bonds is 6. The second-order valence-corrected chi connectivity index (χ2v) is 6.29. The standard InChI is InChI=1S/C17H22N4O3/c22-14(19-12-17(23)9-3-1-4-10-17)7-8-15-20-16(21-24-15)13-6-2-5-11-18-13/h2,5-6,11,23H,1,3-4,7-10,12H2,(H,19,22). The molecule has 7 heteroatoms. The molecule has 0 radical (unpaired) electrons. The van der Waals surface area contributed by atoms with Gasteiger partial charge in [-0.15, -0.1) is 0 Å². The van der Waals surface area contributed by atoms with Crippen molar-refractivity contribution in [3.8, 4) is 11.5 Å². The molecular formula is C17H22N4O3. The molecule has 0 aromatic carbocycles. The van der Waals surface area contributed by atoms with Crippen molar-refractivity contribution in [3.63, 3.8) is 0 Å². The van der Waals surface area contributed by atoms with E-state index >= 15 is 0 Å². The molecule has 24 heavy (non-hydrogen) atoms. The molecule has 2 aromatic rings. The van der Waals surface area contributed by atoms with E-state index in [9.17, 15) is 9.90 Å². The third kappa shape index (κ3) is 4.38. The van der Waals surface area contributed by atoms with Crippen molar-refractivity contribution >= 4 is 5.91 Å². The average Bonchev–Trinajstić information content (AvgIpc) is 3.09. The fraction of sp³-hybridized carbons (Fsp3) is 0.529. The molecule has 3 rings (SSSR count). The van der Waals surface area contributed by atoms with Crippen molar-refractivity contribution in [2.45, 2.75) is 50.5 Å². The van der Waals surface area contributed by atoms with Crippen molar-refractivity contribution < 1.29 is 14.4 Å². The lowest BCUT2D eigenvalue weighted by Crippen LogP contribution is -2.44. The molecule has 128 valence electrons. The van der Waals surface area contributed by atoms with Gasteiger partial charge in [-0.1, -0.05) is 30.5 Å². The first kappa shape index (κ1) is 16.6. The van der Waals surface area contributed by atoms with Gasteiger partial charge < -0.3 is 14.9 Å². The molecule has 2 aromatic heterocycles. The molecule has 0 saturated heterocycles. The number of nitrogens with one attached hydrogen (secondary N) is 1. The number of carbonyl (C=O) groups is 1. The van der Waals surface area contributed by atoms with E-state index in [-0.39, 0.29) is 12.3 Å². The van der Waals surface area contributed by atoms with Crippen LogP contribution in [0.25, 0.3) is 11.5 Å². The zero-order valence-electron chi connectivity index (χ0n) is 13.6. The average molecular weight is 330 g/mol. The van der Waals surface area contributed by atoms with Gasteiger partial charge in [0.05, 0.1) is 5.60 Å². The number of aliphatic hydroxyl groups is 1. The predicted octanol–water partition coefficient (Wildman–Crippen LogP) is 1.88. The molecule has 1 aliphatic carbocycles. The second kappa shape index (κ2) is 7.53. The lowest BCUT2D eigenvalue weighted by atomic mass is 9.85. The number of aryl methyl sites for hydroxylation is 1. The van der Waals surface area contributed by atoms with Crippen LogP contribution in [0.3, 0.4) is 0 Å². The predicted molar refractivity (Wildman–Crippen MR) is 86.9 cm³/mol. The van der Waals surface area contributed by atoms with Crippen LogP contribution >= 0.6 is 0 Å². The molecule has 7 nitrogen and oxygen atoms in total. The first-order valence-electron chi connectivity index (χ1n) is 8.38. The number of hydrogen-bond acceptors (Lipinski definition) is 6. The molecule has 0 aliphatic heterocycles. The van der Waals surface area contributed by atoms with E-state index in [0.29, 0.717) is 30.4 Å². The maximum Gasteiger partial charge on any atom is 0.227 e. The topological polar surface area (TPSA) is 101 Å². The summed E-state index contributed by atoms with van der Waals surface area (Å²) in [6, 6.07) is 5.46. The van der Waals surface area contributed by atoms with Crippen LogP contribution in [0.2, 0.25) is 0 Å². The van der Waals surface area contributed by atoms with Crippen LogP contribution < -0.4 is 5.32 Å². The minimum Gasteiger partial charge on any atom is -0.388 e. The van der Waals surface area contributed by atoms with Gasteiger partial charge in [0.15, 0.2) is 0 Å². The minimum absolute atomic E-state index is 0.119. The van der Waals surface area contributed by atoms with Crippen molar-refractivity contribution in [2.24, 2.45) is 0 Å². The number of nitrogens with zero attached hydrogens (tertiary/aromatic N) is 3. The molecule has 0 spiro atoms. The number of amides is 1. The van der Waals surface area contributed by atoms with Gasteiger partial charge in [0.25, 0.3) is 0 Å². The van der Waals surface area contributed by atoms with Gasteiger partial charge in [-0.25, -0.2) is 0 Å². The highest BCUT2D eigenvalue weighted by Crippen LogP contribution is 2.27. The Hall–Kier alpha value is -2.28. The molecule has 0 unspecified atom stereocenters. The molecule has 1 saturated carbocycles. The normalized spacial score (nSPS) is 16.7. The van der Waals surface area contributed by atoms with E-state index in [0.717, 1.165) is 32.1 Å². The van der Waals surface area contributed by atoms with Crippen LogP contribution in [0.15, 0.2) is 28.9 Å². The summed E-state index contributed by atoms with van der Waals surface area (Å²) >= 11 is 0. The Bertz CT molecular complexity index is 665. The van der Waals surface area contributed by atoms with E-state index in [1.165, 1.54) is 0 Å². The van der Waals surface area contributed by atoms with Gasteiger partial charge in [0, 0.05) is 25.6 Å². The largest absolute Gasteiger partial charge is 0.388 e.